The number of carbonyl (C=O) groups excluding carboxylic acids is 1. The fourth-order valence-electron chi connectivity index (χ4n) is 1.77. The van der Waals surface area contributed by atoms with Crippen LogP contribution in [-0.2, 0) is 14.3 Å². The van der Waals surface area contributed by atoms with Crippen LogP contribution in [0.25, 0.3) is 0 Å². The molecule has 0 unspecified atom stereocenters. The highest BCUT2D eigenvalue weighted by atomic mass is 79.9. The van der Waals surface area contributed by atoms with E-state index in [0.717, 1.165) is 9.37 Å². The number of carbonyl (C=O) groups is 1. The van der Waals surface area contributed by atoms with Crippen LogP contribution < -0.4 is 0 Å². The van der Waals surface area contributed by atoms with E-state index in [1.165, 1.54) is 5.56 Å². The van der Waals surface area contributed by atoms with Gasteiger partial charge in [0.25, 0.3) is 0 Å². The number of hydrogen-bond acceptors (Lipinski definition) is 4. The number of halogens is 1. The molecule has 0 saturated heterocycles. The van der Waals surface area contributed by atoms with E-state index in [0.29, 0.717) is 32.1 Å². The monoisotopic (exact) mass is 375 g/mol. The van der Waals surface area contributed by atoms with E-state index in [4.69, 9.17) is 9.47 Å². The van der Waals surface area contributed by atoms with Crippen molar-refractivity contribution in [2.75, 3.05) is 46.3 Å². The fourth-order valence-corrected chi connectivity index (χ4v) is 3.16. The second-order valence-corrected chi connectivity index (χ2v) is 6.50. The highest BCUT2D eigenvalue weighted by molar-refractivity contribution is 9.10. The molecule has 0 aliphatic carbocycles. The number of aryl methyl sites for hydroxylation is 1. The zero-order valence-corrected chi connectivity index (χ0v) is 15.1. The minimum atomic E-state index is 0.108. The van der Waals surface area contributed by atoms with E-state index in [1.54, 1.807) is 30.9 Å². The summed E-state index contributed by atoms with van der Waals surface area (Å²) in [7, 11) is 3.28. The second kappa shape index (κ2) is 10.2. The molecule has 21 heavy (non-hydrogen) atoms. The summed E-state index contributed by atoms with van der Waals surface area (Å²) < 4.78 is 11.2. The maximum atomic E-state index is 12.3. The predicted octanol–water partition coefficient (Wildman–Crippen LogP) is 2.97. The standard InChI is InChI=1S/C15H22BrNO3S/c1-12-10-13(16)4-5-14(12)21-11-15(18)17(6-8-19-2)7-9-20-3/h4-5,10H,6-9,11H2,1-3H3. The molecule has 0 aromatic heterocycles. The highest BCUT2D eigenvalue weighted by Crippen LogP contribution is 2.25. The quantitative estimate of drug-likeness (QED) is 0.622. The van der Waals surface area contributed by atoms with Gasteiger partial charge in [0.2, 0.25) is 5.91 Å². The van der Waals surface area contributed by atoms with Crippen molar-refractivity contribution < 1.29 is 14.3 Å². The fraction of sp³-hybridized carbons (Fsp3) is 0.533. The average Bonchev–Trinajstić information content (AvgIpc) is 2.46. The molecule has 4 nitrogen and oxygen atoms in total. The van der Waals surface area contributed by atoms with Crippen molar-refractivity contribution in [1.82, 2.24) is 4.90 Å². The van der Waals surface area contributed by atoms with E-state index in [2.05, 4.69) is 22.0 Å². The zero-order chi connectivity index (χ0) is 15.7. The third-order valence-electron chi connectivity index (χ3n) is 2.97. The Kier molecular flexibility index (Phi) is 8.99. The molecule has 1 amide bonds. The molecule has 0 spiro atoms. The number of hydrogen-bond donors (Lipinski definition) is 0. The molecule has 1 rings (SSSR count). The lowest BCUT2D eigenvalue weighted by atomic mass is 10.2. The number of methoxy groups -OCH3 is 2. The van der Waals surface area contributed by atoms with E-state index >= 15 is 0 Å². The summed E-state index contributed by atoms with van der Waals surface area (Å²) in [6, 6.07) is 6.08. The van der Waals surface area contributed by atoms with Gasteiger partial charge in [-0.25, -0.2) is 0 Å². The van der Waals surface area contributed by atoms with Gasteiger partial charge in [-0.1, -0.05) is 15.9 Å². The first-order valence-corrected chi connectivity index (χ1v) is 8.51. The predicted molar refractivity (Wildman–Crippen MR) is 89.9 cm³/mol. The largest absolute Gasteiger partial charge is 0.383 e. The number of benzene rings is 1. The molecule has 0 atom stereocenters. The van der Waals surface area contributed by atoms with Crippen molar-refractivity contribution >= 4 is 33.6 Å². The number of nitrogens with zero attached hydrogens (tertiary/aromatic N) is 1. The normalized spacial score (nSPS) is 10.7. The van der Waals surface area contributed by atoms with Crippen LogP contribution in [0.4, 0.5) is 0 Å². The van der Waals surface area contributed by atoms with Gasteiger partial charge >= 0.3 is 0 Å². The van der Waals surface area contributed by atoms with E-state index < -0.39 is 0 Å². The highest BCUT2D eigenvalue weighted by Gasteiger charge is 2.14. The van der Waals surface area contributed by atoms with Crippen LogP contribution in [-0.4, -0.2) is 57.1 Å². The summed E-state index contributed by atoms with van der Waals surface area (Å²) in [4.78, 5) is 15.2. The molecule has 0 aliphatic heterocycles. The molecule has 0 bridgehead atoms. The molecule has 0 saturated carbocycles. The van der Waals surface area contributed by atoms with Gasteiger partial charge in [0.05, 0.1) is 19.0 Å². The van der Waals surface area contributed by atoms with Crippen molar-refractivity contribution in [2.45, 2.75) is 11.8 Å². The minimum absolute atomic E-state index is 0.108. The molecular weight excluding hydrogens is 354 g/mol. The lowest BCUT2D eigenvalue weighted by molar-refractivity contribution is -0.129. The summed E-state index contributed by atoms with van der Waals surface area (Å²) in [6.45, 7) is 4.32. The molecular formula is C15H22BrNO3S. The van der Waals surface area contributed by atoms with Crippen LogP contribution in [0.1, 0.15) is 5.56 Å². The molecule has 0 aliphatic rings. The van der Waals surface area contributed by atoms with Gasteiger partial charge in [-0.05, 0) is 30.7 Å². The molecule has 0 heterocycles. The SMILES string of the molecule is COCCN(CCOC)C(=O)CSc1ccc(Br)cc1C. The van der Waals surface area contributed by atoms with E-state index in [1.807, 2.05) is 19.1 Å². The van der Waals surface area contributed by atoms with Gasteiger partial charge in [-0.3, -0.25) is 4.79 Å². The Hall–Kier alpha value is -0.560. The molecule has 0 fully saturated rings. The molecule has 118 valence electrons. The van der Waals surface area contributed by atoms with Crippen LogP contribution in [0, 0.1) is 6.92 Å². The van der Waals surface area contributed by atoms with Gasteiger partial charge in [-0.2, -0.15) is 0 Å². The van der Waals surface area contributed by atoms with Gasteiger partial charge < -0.3 is 14.4 Å². The lowest BCUT2D eigenvalue weighted by Gasteiger charge is -2.22. The Bertz CT molecular complexity index is 449. The van der Waals surface area contributed by atoms with Crippen molar-refractivity contribution in [3.05, 3.63) is 28.2 Å². The Morgan fingerprint density at radius 1 is 1.24 bits per heavy atom. The van der Waals surface area contributed by atoms with Crippen molar-refractivity contribution in [2.24, 2.45) is 0 Å². The Morgan fingerprint density at radius 3 is 2.38 bits per heavy atom. The average molecular weight is 376 g/mol. The maximum Gasteiger partial charge on any atom is 0.233 e. The first-order valence-electron chi connectivity index (χ1n) is 6.73. The number of thioether (sulfide) groups is 1. The summed E-state index contributed by atoms with van der Waals surface area (Å²) >= 11 is 5.01. The van der Waals surface area contributed by atoms with Crippen LogP contribution in [0.2, 0.25) is 0 Å². The Balaban J connectivity index is 2.55. The molecule has 1 aromatic rings. The van der Waals surface area contributed by atoms with Crippen molar-refractivity contribution in [3.63, 3.8) is 0 Å². The van der Waals surface area contributed by atoms with Gasteiger partial charge in [0.15, 0.2) is 0 Å². The lowest BCUT2D eigenvalue weighted by Crippen LogP contribution is -2.37. The summed E-state index contributed by atoms with van der Waals surface area (Å²) in [6.07, 6.45) is 0. The molecule has 0 radical (unpaired) electrons. The summed E-state index contributed by atoms with van der Waals surface area (Å²) in [5, 5.41) is 0. The second-order valence-electron chi connectivity index (χ2n) is 4.56. The van der Waals surface area contributed by atoms with E-state index in [-0.39, 0.29) is 5.91 Å². The third-order valence-corrected chi connectivity index (χ3v) is 4.63. The van der Waals surface area contributed by atoms with Crippen LogP contribution in [0.15, 0.2) is 27.6 Å². The maximum absolute atomic E-state index is 12.3. The Morgan fingerprint density at radius 2 is 1.86 bits per heavy atom. The molecule has 6 heteroatoms. The van der Waals surface area contributed by atoms with Gasteiger partial charge in [0.1, 0.15) is 0 Å². The summed E-state index contributed by atoms with van der Waals surface area (Å²) in [5.41, 5.74) is 1.17. The summed E-state index contributed by atoms with van der Waals surface area (Å²) in [5.74, 6) is 0.534. The zero-order valence-electron chi connectivity index (χ0n) is 12.7. The van der Waals surface area contributed by atoms with Gasteiger partial charge in [0, 0.05) is 36.7 Å². The number of ether oxygens (including phenoxy) is 2. The smallest absolute Gasteiger partial charge is 0.233 e. The van der Waals surface area contributed by atoms with E-state index in [9.17, 15) is 4.79 Å². The van der Waals surface area contributed by atoms with Crippen LogP contribution >= 0.6 is 27.7 Å². The van der Waals surface area contributed by atoms with Crippen LogP contribution in [0.3, 0.4) is 0 Å². The topological polar surface area (TPSA) is 38.8 Å². The first-order chi connectivity index (χ1) is 10.1. The number of rotatable bonds is 9. The minimum Gasteiger partial charge on any atom is -0.383 e. The molecule has 1 aromatic carbocycles. The van der Waals surface area contributed by atoms with Crippen LogP contribution in [0.5, 0.6) is 0 Å². The first kappa shape index (κ1) is 18.5. The Labute approximate surface area is 139 Å². The molecule has 0 N–H and O–H groups in total. The van der Waals surface area contributed by atoms with Crippen molar-refractivity contribution in [1.29, 1.82) is 0 Å². The van der Waals surface area contributed by atoms with Gasteiger partial charge in [-0.15, -0.1) is 11.8 Å². The number of amides is 1. The van der Waals surface area contributed by atoms with Crippen molar-refractivity contribution in [3.8, 4) is 0 Å². The third kappa shape index (κ3) is 6.82.